The molecular weight excluding hydrogens is 438 g/mol. The highest BCUT2D eigenvalue weighted by Gasteiger charge is 2.23. The number of rotatable bonds is 8. The Morgan fingerprint density at radius 3 is 2.03 bits per heavy atom. The summed E-state index contributed by atoms with van der Waals surface area (Å²) < 4.78 is 26.6. The van der Waals surface area contributed by atoms with Crippen LogP contribution >= 0.6 is 0 Å². The van der Waals surface area contributed by atoms with Crippen LogP contribution in [0.4, 0.5) is 11.4 Å². The van der Waals surface area contributed by atoms with Gasteiger partial charge >= 0.3 is 0 Å². The van der Waals surface area contributed by atoms with Crippen molar-refractivity contribution >= 4 is 33.2 Å². The van der Waals surface area contributed by atoms with E-state index in [-0.39, 0.29) is 34.8 Å². The van der Waals surface area contributed by atoms with Crippen LogP contribution in [0.5, 0.6) is 0 Å². The third-order valence-electron chi connectivity index (χ3n) is 4.65. The second-order valence-corrected chi connectivity index (χ2v) is 8.82. The van der Waals surface area contributed by atoms with Crippen molar-refractivity contribution in [1.82, 2.24) is 15.2 Å². The molecule has 2 N–H and O–H groups in total. The van der Waals surface area contributed by atoms with Gasteiger partial charge in [-0.15, -0.1) is 0 Å². The minimum Gasteiger partial charge on any atom is -0.372 e. The van der Waals surface area contributed by atoms with E-state index in [0.717, 1.165) is 6.07 Å². The molecule has 32 heavy (non-hydrogen) atoms. The summed E-state index contributed by atoms with van der Waals surface area (Å²) in [7, 11) is -0.486. The fourth-order valence-electron chi connectivity index (χ4n) is 2.96. The summed E-state index contributed by atoms with van der Waals surface area (Å²) in [6.45, 7) is 3.99. The molecule has 0 spiro atoms. The quantitative estimate of drug-likeness (QED) is 0.449. The Labute approximate surface area is 186 Å². The first-order valence-corrected chi connectivity index (χ1v) is 11.1. The van der Waals surface area contributed by atoms with E-state index in [1.807, 2.05) is 0 Å². The van der Waals surface area contributed by atoms with Gasteiger partial charge in [0.05, 0.1) is 9.82 Å². The van der Waals surface area contributed by atoms with Crippen LogP contribution in [0.3, 0.4) is 0 Å². The van der Waals surface area contributed by atoms with Gasteiger partial charge in [0.1, 0.15) is 5.69 Å². The van der Waals surface area contributed by atoms with Gasteiger partial charge < -0.3 is 4.90 Å². The number of benzene rings is 2. The zero-order chi connectivity index (χ0) is 24.1. The number of nitro benzene ring substituents is 1. The number of sulfonamides is 1. The van der Waals surface area contributed by atoms with Crippen LogP contribution in [-0.2, 0) is 10.0 Å². The van der Waals surface area contributed by atoms with Gasteiger partial charge in [-0.2, -0.15) is 4.31 Å². The molecule has 0 saturated carbocycles. The molecule has 2 aromatic carbocycles. The van der Waals surface area contributed by atoms with Crippen molar-refractivity contribution in [1.29, 1.82) is 0 Å². The summed E-state index contributed by atoms with van der Waals surface area (Å²) in [6, 6.07) is 9.35. The van der Waals surface area contributed by atoms with Gasteiger partial charge in [0.2, 0.25) is 10.0 Å². The summed E-state index contributed by atoms with van der Waals surface area (Å²) in [5, 5.41) is 11.3. The van der Waals surface area contributed by atoms with Crippen LogP contribution < -0.4 is 15.8 Å². The number of hydrogen-bond donors (Lipinski definition) is 2. The molecule has 11 nitrogen and oxygen atoms in total. The van der Waals surface area contributed by atoms with E-state index in [2.05, 4.69) is 10.9 Å². The van der Waals surface area contributed by atoms with Crippen LogP contribution in [0.2, 0.25) is 0 Å². The summed E-state index contributed by atoms with van der Waals surface area (Å²) >= 11 is 0. The monoisotopic (exact) mass is 463 g/mol. The molecule has 0 fully saturated rings. The fraction of sp³-hybridized carbons (Fsp3) is 0.300. The molecule has 172 valence electrons. The zero-order valence-corrected chi connectivity index (χ0v) is 19.0. The van der Waals surface area contributed by atoms with Gasteiger partial charge in [0.25, 0.3) is 17.5 Å². The van der Waals surface area contributed by atoms with Crippen molar-refractivity contribution < 1.29 is 22.9 Å². The molecule has 0 aliphatic carbocycles. The van der Waals surface area contributed by atoms with E-state index in [0.29, 0.717) is 5.69 Å². The molecule has 0 aromatic heterocycles. The Hall–Kier alpha value is -3.51. The summed E-state index contributed by atoms with van der Waals surface area (Å²) in [6.07, 6.45) is 0. The Kier molecular flexibility index (Phi) is 7.89. The van der Waals surface area contributed by atoms with E-state index < -0.39 is 26.8 Å². The van der Waals surface area contributed by atoms with Crippen LogP contribution in [-0.4, -0.2) is 56.6 Å². The Balaban J connectivity index is 2.17. The lowest BCUT2D eigenvalue weighted by Gasteiger charge is -2.18. The van der Waals surface area contributed by atoms with Crippen molar-refractivity contribution in [2.45, 2.75) is 18.7 Å². The van der Waals surface area contributed by atoms with Crippen molar-refractivity contribution in [3.63, 3.8) is 0 Å². The number of carbonyl (C=O) groups is 2. The maximum Gasteiger partial charge on any atom is 0.293 e. The molecule has 0 unspecified atom stereocenters. The minimum absolute atomic E-state index is 0.0208. The van der Waals surface area contributed by atoms with E-state index in [1.165, 1.54) is 40.7 Å². The molecular formula is C20H25N5O6S. The molecule has 0 aliphatic heterocycles. The maximum absolute atomic E-state index is 12.6. The Morgan fingerprint density at radius 1 is 0.969 bits per heavy atom. The van der Waals surface area contributed by atoms with Gasteiger partial charge in [0, 0.05) is 44.4 Å². The molecule has 12 heteroatoms. The average Bonchev–Trinajstić information content (AvgIpc) is 2.77. The van der Waals surface area contributed by atoms with Gasteiger partial charge in [-0.25, -0.2) is 8.42 Å². The molecule has 0 heterocycles. The van der Waals surface area contributed by atoms with Gasteiger partial charge in [-0.1, -0.05) is 19.9 Å². The lowest BCUT2D eigenvalue weighted by atomic mass is 10.1. The van der Waals surface area contributed by atoms with E-state index in [1.54, 1.807) is 32.8 Å². The van der Waals surface area contributed by atoms with E-state index >= 15 is 0 Å². The predicted octanol–water partition coefficient (Wildman–Crippen LogP) is 1.77. The lowest BCUT2D eigenvalue weighted by molar-refractivity contribution is -0.384. The molecule has 0 saturated heterocycles. The number of hydrogen-bond acceptors (Lipinski definition) is 7. The lowest BCUT2D eigenvalue weighted by Crippen LogP contribution is -2.41. The first-order valence-electron chi connectivity index (χ1n) is 9.69. The molecule has 0 atom stereocenters. The Morgan fingerprint density at radius 2 is 1.53 bits per heavy atom. The first-order chi connectivity index (χ1) is 15.0. The third kappa shape index (κ3) is 5.39. The normalized spacial score (nSPS) is 11.2. The number of nitro groups is 1. The molecule has 2 rings (SSSR count). The zero-order valence-electron chi connectivity index (χ0n) is 18.2. The molecule has 2 aromatic rings. The second-order valence-electron chi connectivity index (χ2n) is 6.88. The smallest absolute Gasteiger partial charge is 0.293 e. The van der Waals surface area contributed by atoms with Gasteiger partial charge in [0.15, 0.2) is 0 Å². The van der Waals surface area contributed by atoms with Crippen LogP contribution in [0, 0.1) is 10.1 Å². The highest BCUT2D eigenvalue weighted by Crippen LogP contribution is 2.27. The summed E-state index contributed by atoms with van der Waals surface area (Å²) in [5.41, 5.74) is 4.43. The Bertz CT molecular complexity index is 1130. The molecule has 0 radical (unpaired) electrons. The standard InChI is InChI=1S/C20H25N5O6S/c1-5-24(6-2)32(30,31)16-9-7-8-14(12-16)19(26)21-22-20(27)15-10-11-17(23(3)4)18(13-15)25(28)29/h7-13H,5-6H2,1-4H3,(H,21,26)(H,22,27). The van der Waals surface area contributed by atoms with Crippen molar-refractivity contribution in [2.75, 3.05) is 32.1 Å². The minimum atomic E-state index is -3.76. The first kappa shape index (κ1) is 24.8. The van der Waals surface area contributed by atoms with Crippen LogP contribution in [0.25, 0.3) is 0 Å². The summed E-state index contributed by atoms with van der Waals surface area (Å²) in [5.74, 6) is -1.51. The van der Waals surface area contributed by atoms with E-state index in [9.17, 15) is 28.1 Å². The van der Waals surface area contributed by atoms with Crippen LogP contribution in [0.1, 0.15) is 34.6 Å². The number of nitrogens with one attached hydrogen (secondary N) is 2. The number of amides is 2. The number of carbonyl (C=O) groups excluding carboxylic acids is 2. The maximum atomic E-state index is 12.6. The average molecular weight is 464 g/mol. The van der Waals surface area contributed by atoms with Crippen molar-refractivity contribution in [3.05, 3.63) is 63.7 Å². The molecule has 2 amide bonds. The fourth-order valence-corrected chi connectivity index (χ4v) is 4.46. The van der Waals surface area contributed by atoms with E-state index in [4.69, 9.17) is 0 Å². The SMILES string of the molecule is CCN(CC)S(=O)(=O)c1cccc(C(=O)NNC(=O)c2ccc(N(C)C)c([N+](=O)[O-])c2)c1. The number of anilines is 1. The second kappa shape index (κ2) is 10.2. The van der Waals surface area contributed by atoms with Crippen molar-refractivity contribution in [3.8, 4) is 0 Å². The van der Waals surface area contributed by atoms with Crippen molar-refractivity contribution in [2.24, 2.45) is 0 Å². The molecule has 0 aliphatic rings. The predicted molar refractivity (Wildman–Crippen MR) is 119 cm³/mol. The topological polar surface area (TPSA) is 142 Å². The number of nitrogens with zero attached hydrogens (tertiary/aromatic N) is 3. The van der Waals surface area contributed by atoms with Gasteiger partial charge in [-0.05, 0) is 30.3 Å². The highest BCUT2D eigenvalue weighted by molar-refractivity contribution is 7.89. The van der Waals surface area contributed by atoms with Gasteiger partial charge in [-0.3, -0.25) is 30.6 Å². The molecule has 0 bridgehead atoms. The largest absolute Gasteiger partial charge is 0.372 e. The summed E-state index contributed by atoms with van der Waals surface area (Å²) in [4.78, 5) is 37.0. The third-order valence-corrected chi connectivity index (χ3v) is 6.69. The van der Waals surface area contributed by atoms with Crippen LogP contribution in [0.15, 0.2) is 47.4 Å². The number of hydrazine groups is 1. The highest BCUT2D eigenvalue weighted by atomic mass is 32.2.